The predicted octanol–water partition coefficient (Wildman–Crippen LogP) is 3.65. The summed E-state index contributed by atoms with van der Waals surface area (Å²) in [5.41, 5.74) is 4.76. The van der Waals surface area contributed by atoms with Crippen LogP contribution >= 0.6 is 0 Å². The van der Waals surface area contributed by atoms with Crippen molar-refractivity contribution >= 4 is 26.8 Å². The Morgan fingerprint density at radius 2 is 1.62 bits per heavy atom. The molecule has 138 valence electrons. The van der Waals surface area contributed by atoms with Crippen LogP contribution in [0.1, 0.15) is 29.2 Å². The van der Waals surface area contributed by atoms with Gasteiger partial charge in [0.05, 0.1) is 16.1 Å². The molecular formula is C19H22N2O4S. The van der Waals surface area contributed by atoms with Gasteiger partial charge >= 0.3 is 5.76 Å². The Morgan fingerprint density at radius 1 is 1.00 bits per heavy atom. The summed E-state index contributed by atoms with van der Waals surface area (Å²) >= 11 is 0. The predicted molar refractivity (Wildman–Crippen MR) is 102 cm³/mol. The Balaban J connectivity index is 2.13. The maximum atomic E-state index is 13.0. The molecular weight excluding hydrogens is 352 g/mol. The van der Waals surface area contributed by atoms with E-state index in [2.05, 4.69) is 4.72 Å². The summed E-state index contributed by atoms with van der Waals surface area (Å²) in [5.74, 6) is -0.491. The number of aryl methyl sites for hydroxylation is 5. The Morgan fingerprint density at radius 3 is 2.19 bits per heavy atom. The number of hydrogen-bond donors (Lipinski definition) is 1. The van der Waals surface area contributed by atoms with Gasteiger partial charge in [-0.1, -0.05) is 17.7 Å². The van der Waals surface area contributed by atoms with Crippen LogP contribution in [0.4, 0.5) is 5.69 Å². The van der Waals surface area contributed by atoms with E-state index in [4.69, 9.17) is 4.42 Å². The molecule has 0 saturated heterocycles. The summed E-state index contributed by atoms with van der Waals surface area (Å²) in [7, 11) is -3.82. The average Bonchev–Trinajstić information content (AvgIpc) is 2.84. The summed E-state index contributed by atoms with van der Waals surface area (Å²) in [5, 5.41) is 0. The molecule has 0 radical (unpaired) electrons. The van der Waals surface area contributed by atoms with Crippen LogP contribution in [-0.4, -0.2) is 13.0 Å². The van der Waals surface area contributed by atoms with Crippen LogP contribution in [0.15, 0.2) is 38.4 Å². The van der Waals surface area contributed by atoms with Crippen molar-refractivity contribution in [3.63, 3.8) is 0 Å². The van der Waals surface area contributed by atoms with Crippen molar-refractivity contribution in [1.29, 1.82) is 0 Å². The summed E-state index contributed by atoms with van der Waals surface area (Å²) < 4.78 is 35.3. The number of anilines is 1. The van der Waals surface area contributed by atoms with Gasteiger partial charge in [-0.25, -0.2) is 13.2 Å². The highest BCUT2D eigenvalue weighted by atomic mass is 32.2. The summed E-state index contributed by atoms with van der Waals surface area (Å²) in [4.78, 5) is 12.0. The Hall–Kier alpha value is -2.54. The van der Waals surface area contributed by atoms with Gasteiger partial charge in [0.25, 0.3) is 10.0 Å². The molecule has 0 aliphatic rings. The first-order chi connectivity index (χ1) is 12.1. The molecule has 2 aromatic carbocycles. The number of hydrogen-bond acceptors (Lipinski definition) is 4. The first kappa shape index (κ1) is 18.3. The third-order valence-electron chi connectivity index (χ3n) is 4.48. The van der Waals surface area contributed by atoms with Crippen molar-refractivity contribution in [1.82, 2.24) is 4.57 Å². The number of fused-ring (bicyclic) bond motifs is 1. The summed E-state index contributed by atoms with van der Waals surface area (Å²) in [6, 6.07) is 6.95. The van der Waals surface area contributed by atoms with E-state index in [1.165, 1.54) is 10.6 Å². The lowest BCUT2D eigenvalue weighted by molar-refractivity contribution is 0.512. The molecule has 26 heavy (non-hydrogen) atoms. The van der Waals surface area contributed by atoms with Crippen molar-refractivity contribution in [2.45, 2.75) is 46.1 Å². The fraction of sp³-hybridized carbons (Fsp3) is 0.316. The Labute approximate surface area is 152 Å². The number of benzene rings is 2. The van der Waals surface area contributed by atoms with Crippen LogP contribution in [0.5, 0.6) is 0 Å². The molecule has 1 heterocycles. The molecule has 0 fully saturated rings. The highest BCUT2D eigenvalue weighted by molar-refractivity contribution is 7.92. The molecule has 0 spiro atoms. The molecule has 7 heteroatoms. The molecule has 0 unspecified atom stereocenters. The zero-order chi connectivity index (χ0) is 19.2. The third kappa shape index (κ3) is 3.03. The number of nitrogens with zero attached hydrogens (tertiary/aromatic N) is 1. The van der Waals surface area contributed by atoms with Gasteiger partial charge in [-0.05, 0) is 57.4 Å². The van der Waals surface area contributed by atoms with Crippen LogP contribution in [-0.2, 0) is 16.6 Å². The van der Waals surface area contributed by atoms with Crippen LogP contribution < -0.4 is 10.5 Å². The van der Waals surface area contributed by atoms with Gasteiger partial charge in [0, 0.05) is 12.6 Å². The Kier molecular flexibility index (Phi) is 4.44. The van der Waals surface area contributed by atoms with Gasteiger partial charge in [-0.3, -0.25) is 9.29 Å². The molecule has 0 atom stereocenters. The molecule has 0 bridgehead atoms. The monoisotopic (exact) mass is 374 g/mol. The normalized spacial score (nSPS) is 11.9. The van der Waals surface area contributed by atoms with Crippen LogP contribution in [0, 0.1) is 27.7 Å². The van der Waals surface area contributed by atoms with E-state index in [-0.39, 0.29) is 10.5 Å². The number of sulfonamides is 1. The zero-order valence-electron chi connectivity index (χ0n) is 15.5. The minimum absolute atomic E-state index is 0.0985. The van der Waals surface area contributed by atoms with E-state index in [0.29, 0.717) is 23.3 Å². The second-order valence-corrected chi connectivity index (χ2v) is 8.23. The highest BCUT2D eigenvalue weighted by Crippen LogP contribution is 2.28. The second kappa shape index (κ2) is 6.32. The fourth-order valence-corrected chi connectivity index (χ4v) is 4.76. The molecule has 0 saturated carbocycles. The SMILES string of the molecule is CCn1c(=O)oc2cc(S(=O)(=O)Nc3c(C)cc(C)cc3C)c(C)cc21. The maximum absolute atomic E-state index is 13.0. The largest absolute Gasteiger partial charge is 0.419 e. The van der Waals surface area contributed by atoms with Crippen molar-refractivity contribution in [3.8, 4) is 0 Å². The van der Waals surface area contributed by atoms with Crippen molar-refractivity contribution in [2.75, 3.05) is 4.72 Å². The zero-order valence-corrected chi connectivity index (χ0v) is 16.3. The summed E-state index contributed by atoms with van der Waals surface area (Å²) in [6.45, 7) is 9.71. The lowest BCUT2D eigenvalue weighted by atomic mass is 10.1. The summed E-state index contributed by atoms with van der Waals surface area (Å²) in [6.07, 6.45) is 0. The van der Waals surface area contributed by atoms with Crippen LogP contribution in [0.2, 0.25) is 0 Å². The topological polar surface area (TPSA) is 81.3 Å². The molecule has 1 N–H and O–H groups in total. The standard InChI is InChI=1S/C19H22N2O4S/c1-6-21-15-9-12(3)17(10-16(15)25-19(21)22)26(23,24)20-18-13(4)7-11(2)8-14(18)5/h7-10,20H,6H2,1-5H3. The van der Waals surface area contributed by atoms with Crippen molar-refractivity contribution in [3.05, 3.63) is 57.1 Å². The van der Waals surface area contributed by atoms with Gasteiger partial charge in [0.15, 0.2) is 5.58 Å². The minimum atomic E-state index is -3.82. The highest BCUT2D eigenvalue weighted by Gasteiger charge is 2.22. The number of rotatable bonds is 4. The number of aromatic nitrogens is 1. The van der Waals surface area contributed by atoms with E-state index in [1.807, 2.05) is 39.8 Å². The quantitative estimate of drug-likeness (QED) is 0.756. The van der Waals surface area contributed by atoms with Gasteiger partial charge in [0.2, 0.25) is 0 Å². The minimum Gasteiger partial charge on any atom is -0.408 e. The lowest BCUT2D eigenvalue weighted by Crippen LogP contribution is -2.16. The molecule has 6 nitrogen and oxygen atoms in total. The van der Waals surface area contributed by atoms with E-state index in [9.17, 15) is 13.2 Å². The molecule has 0 amide bonds. The van der Waals surface area contributed by atoms with Crippen LogP contribution in [0.3, 0.4) is 0 Å². The molecule has 3 aromatic rings. The molecule has 1 aromatic heterocycles. The Bertz CT molecular complexity index is 1150. The number of oxazole rings is 1. The van der Waals surface area contributed by atoms with E-state index >= 15 is 0 Å². The van der Waals surface area contributed by atoms with Crippen molar-refractivity contribution < 1.29 is 12.8 Å². The molecule has 0 aliphatic carbocycles. The third-order valence-corrected chi connectivity index (χ3v) is 5.98. The van der Waals surface area contributed by atoms with Gasteiger partial charge in [-0.2, -0.15) is 0 Å². The van der Waals surface area contributed by atoms with Gasteiger partial charge < -0.3 is 4.42 Å². The average molecular weight is 374 g/mol. The first-order valence-electron chi connectivity index (χ1n) is 8.38. The molecule has 3 rings (SSSR count). The van der Waals surface area contributed by atoms with Gasteiger partial charge in [-0.15, -0.1) is 0 Å². The van der Waals surface area contributed by atoms with Crippen molar-refractivity contribution in [2.24, 2.45) is 0 Å². The van der Waals surface area contributed by atoms with Gasteiger partial charge in [0.1, 0.15) is 0 Å². The van der Waals surface area contributed by atoms with E-state index < -0.39 is 15.8 Å². The van der Waals surface area contributed by atoms with Crippen LogP contribution in [0.25, 0.3) is 11.1 Å². The molecule has 0 aliphatic heterocycles. The second-order valence-electron chi connectivity index (χ2n) is 6.58. The smallest absolute Gasteiger partial charge is 0.408 e. The van der Waals surface area contributed by atoms with E-state index in [0.717, 1.165) is 16.7 Å². The lowest BCUT2D eigenvalue weighted by Gasteiger charge is -2.15. The fourth-order valence-electron chi connectivity index (χ4n) is 3.31. The number of nitrogens with one attached hydrogen (secondary N) is 1. The first-order valence-corrected chi connectivity index (χ1v) is 9.87. The van der Waals surface area contributed by atoms with E-state index in [1.54, 1.807) is 13.0 Å². The maximum Gasteiger partial charge on any atom is 0.419 e.